The lowest BCUT2D eigenvalue weighted by atomic mass is 9.84. The highest BCUT2D eigenvalue weighted by Crippen LogP contribution is 2.40. The molecule has 0 radical (unpaired) electrons. The van der Waals surface area contributed by atoms with Crippen LogP contribution in [0, 0.1) is 0 Å². The van der Waals surface area contributed by atoms with Crippen molar-refractivity contribution in [3.63, 3.8) is 0 Å². The number of aryl methyl sites for hydroxylation is 1. The van der Waals surface area contributed by atoms with Gasteiger partial charge in [0.05, 0.1) is 10.8 Å². The summed E-state index contributed by atoms with van der Waals surface area (Å²) in [5, 5.41) is 15.1. The minimum atomic E-state index is -4.32. The van der Waals surface area contributed by atoms with Crippen LogP contribution in [0.4, 0.5) is 0 Å². The molecule has 1 aliphatic heterocycles. The Morgan fingerprint density at radius 1 is 1.00 bits per heavy atom. The van der Waals surface area contributed by atoms with Gasteiger partial charge in [-0.25, -0.2) is 18.4 Å². The Morgan fingerprint density at radius 3 is 2.42 bits per heavy atom. The van der Waals surface area contributed by atoms with E-state index in [1.54, 1.807) is 54.2 Å². The van der Waals surface area contributed by atoms with Crippen LogP contribution >= 0.6 is 0 Å². The van der Waals surface area contributed by atoms with Gasteiger partial charge in [0.2, 0.25) is 22.7 Å². The highest BCUT2D eigenvalue weighted by Gasteiger charge is 2.30. The molecule has 0 saturated carbocycles. The van der Waals surface area contributed by atoms with Gasteiger partial charge < -0.3 is 24.9 Å². The van der Waals surface area contributed by atoms with Gasteiger partial charge in [-0.3, -0.25) is 9.59 Å². The van der Waals surface area contributed by atoms with E-state index in [9.17, 15) is 22.8 Å². The lowest BCUT2D eigenvalue weighted by Crippen LogP contribution is -2.18. The van der Waals surface area contributed by atoms with Crippen molar-refractivity contribution in [3.8, 4) is 11.5 Å². The third kappa shape index (κ3) is 4.93. The highest BCUT2D eigenvalue weighted by molar-refractivity contribution is 7.89. The van der Waals surface area contributed by atoms with Crippen LogP contribution in [0.15, 0.2) is 71.8 Å². The average Bonchev–Trinajstić information content (AvgIpc) is 3.50. The Morgan fingerprint density at radius 2 is 1.73 bits per heavy atom. The number of carboxylic acids is 1. The number of primary sulfonamides is 1. The van der Waals surface area contributed by atoms with Crippen molar-refractivity contribution in [1.29, 1.82) is 0 Å². The van der Waals surface area contributed by atoms with Crippen molar-refractivity contribution in [2.75, 3.05) is 6.79 Å². The number of rotatable bonds is 8. The number of nitrogens with zero attached hydrogens (tertiary/aromatic N) is 1. The van der Waals surface area contributed by atoms with E-state index in [-0.39, 0.29) is 17.9 Å². The van der Waals surface area contributed by atoms with E-state index in [0.29, 0.717) is 39.1 Å². The third-order valence-corrected chi connectivity index (χ3v) is 7.59. The molecule has 5 rings (SSSR count). The Hall–Kier alpha value is -4.94. The monoisotopic (exact) mass is 561 g/mol. The second kappa shape index (κ2) is 9.98. The zero-order valence-electron chi connectivity index (χ0n) is 21.0. The maximum Gasteiger partial charge on any atom is 0.328 e. The first-order valence-corrected chi connectivity index (χ1v) is 13.4. The number of hydrogen-bond donors (Lipinski definition) is 3. The van der Waals surface area contributed by atoms with Gasteiger partial charge in [0.1, 0.15) is 0 Å². The first kappa shape index (κ1) is 26.7. The number of aromatic nitrogens is 1. The summed E-state index contributed by atoms with van der Waals surface area (Å²) < 4.78 is 37.5. The number of amides is 1. The van der Waals surface area contributed by atoms with Crippen molar-refractivity contribution in [3.05, 3.63) is 94.7 Å². The molecule has 0 saturated heterocycles. The van der Waals surface area contributed by atoms with Crippen LogP contribution in [0.5, 0.6) is 11.5 Å². The fourth-order valence-corrected chi connectivity index (χ4v) is 5.52. The van der Waals surface area contributed by atoms with Crippen LogP contribution in [0.3, 0.4) is 0 Å². The summed E-state index contributed by atoms with van der Waals surface area (Å²) in [6, 6.07) is 13.9. The molecule has 11 nitrogen and oxygen atoms in total. The summed E-state index contributed by atoms with van der Waals surface area (Å²) >= 11 is 0. The smallest absolute Gasteiger partial charge is 0.328 e. The minimum Gasteiger partial charge on any atom is -0.478 e. The number of hydrogen-bond acceptors (Lipinski definition) is 7. The van der Waals surface area contributed by atoms with Crippen molar-refractivity contribution < 1.29 is 37.4 Å². The summed E-state index contributed by atoms with van der Waals surface area (Å²) in [5.41, 5.74) is 7.61. The number of nitrogens with two attached hydrogens (primary N) is 2. The van der Waals surface area contributed by atoms with Crippen LogP contribution in [0.25, 0.3) is 17.0 Å². The first-order valence-electron chi connectivity index (χ1n) is 11.8. The number of ether oxygens (including phenoxy) is 2. The molecule has 0 bridgehead atoms. The van der Waals surface area contributed by atoms with Gasteiger partial charge in [-0.15, -0.1) is 0 Å². The number of carbonyl (C=O) groups is 3. The van der Waals surface area contributed by atoms with Gasteiger partial charge >= 0.3 is 5.97 Å². The molecule has 204 valence electrons. The molecule has 5 N–H and O–H groups in total. The quantitative estimate of drug-likeness (QED) is 0.217. The molecule has 12 heteroatoms. The Balaban J connectivity index is 1.71. The van der Waals surface area contributed by atoms with Gasteiger partial charge in [-0.2, -0.15) is 0 Å². The second-order valence-electron chi connectivity index (χ2n) is 9.17. The van der Waals surface area contributed by atoms with Crippen molar-refractivity contribution in [2.45, 2.75) is 10.8 Å². The van der Waals surface area contributed by atoms with Gasteiger partial charge in [-0.05, 0) is 53.1 Å². The lowest BCUT2D eigenvalue weighted by Gasteiger charge is -2.18. The maximum atomic E-state index is 14.2. The summed E-state index contributed by atoms with van der Waals surface area (Å²) in [4.78, 5) is 36.6. The molecule has 0 aliphatic carbocycles. The van der Waals surface area contributed by atoms with E-state index in [0.717, 1.165) is 18.2 Å². The molecule has 1 unspecified atom stereocenters. The Labute approximate surface area is 228 Å². The molecule has 2 heterocycles. The molecule has 0 spiro atoms. The first-order chi connectivity index (χ1) is 18.9. The number of Topliss-reactive ketones (excluding diaryl/α,β-unsaturated/α-hetero) is 1. The van der Waals surface area contributed by atoms with Crippen molar-refractivity contribution in [1.82, 2.24) is 4.57 Å². The minimum absolute atomic E-state index is 0.0187. The van der Waals surface area contributed by atoms with E-state index >= 15 is 0 Å². The standard InChI is InChI=1S/C28H23N3O8S/c1-31-13-20(19-7-4-18(28(29)35)10-21(19)31)26(16-5-8-22-23(11-16)39-14-38-22)27(34)17-3-2-15(6-9-25(32)33)24(12-17)40(30,36)37/h2-13,26H,14H2,1H3,(H2,29,35)(H,32,33)(H2,30,36,37)/b9-6+. The molecule has 4 aromatic rings. The Kier molecular flexibility index (Phi) is 6.65. The van der Waals surface area contributed by atoms with Gasteiger partial charge in [0.15, 0.2) is 17.3 Å². The van der Waals surface area contributed by atoms with E-state index in [4.69, 9.17) is 25.5 Å². The SMILES string of the molecule is Cn1cc(C(C(=O)c2ccc(/C=C/C(=O)O)c(S(N)(=O)=O)c2)c2ccc3c(c2)OCO3)c2ccc(C(N)=O)cc21. The molecule has 0 fully saturated rings. The molecular formula is C28H23N3O8S. The Bertz CT molecular complexity index is 1860. The summed E-state index contributed by atoms with van der Waals surface area (Å²) in [5.74, 6) is -2.30. The largest absolute Gasteiger partial charge is 0.478 e. The predicted molar refractivity (Wildman–Crippen MR) is 145 cm³/mol. The summed E-state index contributed by atoms with van der Waals surface area (Å²) in [7, 11) is -2.56. The average molecular weight is 562 g/mol. The van der Waals surface area contributed by atoms with Crippen LogP contribution in [0.1, 0.15) is 43.3 Å². The van der Waals surface area contributed by atoms with E-state index in [1.165, 1.54) is 12.1 Å². The topological polar surface area (TPSA) is 181 Å². The van der Waals surface area contributed by atoms with E-state index < -0.39 is 38.5 Å². The molecule has 1 aromatic heterocycles. The number of primary amides is 1. The second-order valence-corrected chi connectivity index (χ2v) is 10.7. The van der Waals surface area contributed by atoms with Crippen molar-refractivity contribution in [2.24, 2.45) is 17.9 Å². The molecule has 1 atom stereocenters. The molecule has 1 aliphatic rings. The number of fused-ring (bicyclic) bond motifs is 2. The number of benzene rings is 3. The maximum absolute atomic E-state index is 14.2. The summed E-state index contributed by atoms with van der Waals surface area (Å²) in [6.07, 6.45) is 3.62. The van der Waals surface area contributed by atoms with Gasteiger partial charge in [0.25, 0.3) is 0 Å². The number of aliphatic carboxylic acids is 1. The molecule has 40 heavy (non-hydrogen) atoms. The zero-order valence-corrected chi connectivity index (χ0v) is 21.8. The van der Waals surface area contributed by atoms with Crippen LogP contribution in [0.2, 0.25) is 0 Å². The number of sulfonamides is 1. The van der Waals surface area contributed by atoms with E-state index in [1.807, 2.05) is 0 Å². The van der Waals surface area contributed by atoms with E-state index in [2.05, 4.69) is 0 Å². The van der Waals surface area contributed by atoms with Gasteiger partial charge in [0, 0.05) is 41.4 Å². The van der Waals surface area contributed by atoms with Crippen LogP contribution in [-0.2, 0) is 21.9 Å². The zero-order chi connectivity index (χ0) is 28.8. The normalized spacial score (nSPS) is 13.6. The number of carbonyl (C=O) groups excluding carboxylic acids is 2. The highest BCUT2D eigenvalue weighted by atomic mass is 32.2. The fourth-order valence-electron chi connectivity index (χ4n) is 4.76. The summed E-state index contributed by atoms with van der Waals surface area (Å²) in [6.45, 7) is 0.0323. The lowest BCUT2D eigenvalue weighted by molar-refractivity contribution is -0.131. The van der Waals surface area contributed by atoms with Gasteiger partial charge in [-0.1, -0.05) is 24.3 Å². The fraction of sp³-hybridized carbons (Fsp3) is 0.107. The molecule has 1 amide bonds. The van der Waals surface area contributed by atoms with Crippen LogP contribution < -0.4 is 20.3 Å². The number of carboxylic acid groups (broad SMARTS) is 1. The molecule has 3 aromatic carbocycles. The van der Waals surface area contributed by atoms with Crippen LogP contribution in [-0.4, -0.2) is 42.5 Å². The number of ketones is 1. The predicted octanol–water partition coefficient (Wildman–Crippen LogP) is 2.77. The molecular weight excluding hydrogens is 538 g/mol. The van der Waals surface area contributed by atoms with Crippen molar-refractivity contribution >= 4 is 44.7 Å². The third-order valence-electron chi connectivity index (χ3n) is 6.62.